The van der Waals surface area contributed by atoms with Crippen LogP contribution in [0, 0.1) is 6.92 Å². The van der Waals surface area contributed by atoms with Crippen LogP contribution in [0.3, 0.4) is 0 Å². The van der Waals surface area contributed by atoms with E-state index in [1.165, 1.54) is 12.1 Å². The van der Waals surface area contributed by atoms with E-state index in [4.69, 9.17) is 4.74 Å². The number of halogens is 4. The lowest BCUT2D eigenvalue weighted by Gasteiger charge is -2.14. The maximum absolute atomic E-state index is 12.6. The largest absolute Gasteiger partial charge is 0.573 e. The van der Waals surface area contributed by atoms with Crippen LogP contribution in [0.25, 0.3) is 0 Å². The van der Waals surface area contributed by atoms with Gasteiger partial charge in [-0.2, -0.15) is 0 Å². The van der Waals surface area contributed by atoms with Gasteiger partial charge in [-0.05, 0) is 26.3 Å². The van der Waals surface area contributed by atoms with Gasteiger partial charge in [-0.3, -0.25) is 0 Å². The van der Waals surface area contributed by atoms with Crippen molar-refractivity contribution in [2.24, 2.45) is 12.0 Å². The molecule has 174 valence electrons. The number of guanidine groups is 1. The van der Waals surface area contributed by atoms with Crippen molar-refractivity contribution < 1.29 is 22.6 Å². The van der Waals surface area contributed by atoms with Crippen LogP contribution in [-0.2, 0) is 24.9 Å². The molecule has 0 fully saturated rings. The Morgan fingerprint density at radius 3 is 2.58 bits per heavy atom. The van der Waals surface area contributed by atoms with Crippen LogP contribution in [0.4, 0.5) is 13.2 Å². The fraction of sp³-hybridized carbons (Fsp3) is 0.526. The van der Waals surface area contributed by atoms with Crippen LogP contribution in [0.5, 0.6) is 5.75 Å². The van der Waals surface area contributed by atoms with Gasteiger partial charge in [0, 0.05) is 32.4 Å². The fourth-order valence-electron chi connectivity index (χ4n) is 2.49. The minimum atomic E-state index is -4.76. The molecule has 1 aromatic heterocycles. The molecular formula is C19H28F3IN6O2. The molecule has 8 nitrogen and oxygen atoms in total. The minimum Gasteiger partial charge on any atom is -0.405 e. The summed E-state index contributed by atoms with van der Waals surface area (Å²) >= 11 is 0. The minimum absolute atomic E-state index is 0. The standard InChI is InChI=1S/C19H27F3N6O2.HI/c1-4-29-11-7-10-23-18(25-13-17-27-26-14(2)28(17)3)24-12-15-8-5-6-9-16(15)30-19(20,21)22;/h5-6,8-9H,4,7,10-13H2,1-3H3,(H2,23,24,25);1H. The predicted octanol–water partition coefficient (Wildman–Crippen LogP) is 3.30. The summed E-state index contributed by atoms with van der Waals surface area (Å²) in [5.41, 5.74) is 0.319. The third kappa shape index (κ3) is 9.72. The lowest BCUT2D eigenvalue weighted by Crippen LogP contribution is -2.38. The molecule has 1 heterocycles. The first-order valence-electron chi connectivity index (χ1n) is 9.58. The second-order valence-electron chi connectivity index (χ2n) is 6.37. The van der Waals surface area contributed by atoms with Crippen LogP contribution in [-0.4, -0.2) is 46.8 Å². The molecular weight excluding hydrogens is 528 g/mol. The number of benzene rings is 1. The number of aromatic nitrogens is 3. The van der Waals surface area contributed by atoms with Gasteiger partial charge >= 0.3 is 6.36 Å². The van der Waals surface area contributed by atoms with Gasteiger partial charge in [0.15, 0.2) is 11.8 Å². The molecule has 2 N–H and O–H groups in total. The van der Waals surface area contributed by atoms with E-state index in [2.05, 4.69) is 30.6 Å². The van der Waals surface area contributed by atoms with Gasteiger partial charge in [0.1, 0.15) is 11.6 Å². The van der Waals surface area contributed by atoms with Crippen LogP contribution in [0.2, 0.25) is 0 Å². The summed E-state index contributed by atoms with van der Waals surface area (Å²) in [7, 11) is 1.85. The first-order chi connectivity index (χ1) is 14.3. The fourth-order valence-corrected chi connectivity index (χ4v) is 2.49. The maximum atomic E-state index is 12.6. The first kappa shape index (κ1) is 26.9. The van der Waals surface area contributed by atoms with Crippen molar-refractivity contribution in [3.63, 3.8) is 0 Å². The summed E-state index contributed by atoms with van der Waals surface area (Å²) in [6, 6.07) is 5.93. The molecule has 2 aromatic rings. The number of nitrogens with one attached hydrogen (secondary N) is 2. The van der Waals surface area contributed by atoms with Crippen molar-refractivity contribution in [3.05, 3.63) is 41.5 Å². The monoisotopic (exact) mass is 556 g/mol. The van der Waals surface area contributed by atoms with Crippen molar-refractivity contribution in [2.45, 2.75) is 39.7 Å². The zero-order chi connectivity index (χ0) is 22.0. The number of hydrogen-bond acceptors (Lipinski definition) is 5. The van der Waals surface area contributed by atoms with E-state index < -0.39 is 6.36 Å². The van der Waals surface area contributed by atoms with Crippen molar-refractivity contribution in [1.29, 1.82) is 0 Å². The molecule has 0 saturated heterocycles. The van der Waals surface area contributed by atoms with Crippen LogP contribution < -0.4 is 15.4 Å². The zero-order valence-electron chi connectivity index (χ0n) is 17.7. The molecule has 2 rings (SSSR count). The molecule has 0 aliphatic carbocycles. The Bertz CT molecular complexity index is 829. The number of para-hydroxylation sites is 1. The predicted molar refractivity (Wildman–Crippen MR) is 121 cm³/mol. The SMILES string of the molecule is CCOCCCNC(=NCc1ccccc1OC(F)(F)F)NCc1nnc(C)n1C.I. The van der Waals surface area contributed by atoms with Gasteiger partial charge in [0.25, 0.3) is 0 Å². The molecule has 0 saturated carbocycles. The second kappa shape index (κ2) is 13.3. The second-order valence-corrected chi connectivity index (χ2v) is 6.37. The lowest BCUT2D eigenvalue weighted by atomic mass is 10.2. The van der Waals surface area contributed by atoms with Gasteiger partial charge in [0.2, 0.25) is 0 Å². The van der Waals surface area contributed by atoms with Crippen LogP contribution in [0.15, 0.2) is 29.3 Å². The number of alkyl halides is 3. The topological polar surface area (TPSA) is 85.6 Å². The van der Waals surface area contributed by atoms with Gasteiger partial charge in [-0.15, -0.1) is 47.3 Å². The molecule has 0 aliphatic heterocycles. The summed E-state index contributed by atoms with van der Waals surface area (Å²) in [6.45, 7) is 5.95. The number of aliphatic imine (C=N–C) groups is 1. The summed E-state index contributed by atoms with van der Waals surface area (Å²) in [5.74, 6) is 1.65. The van der Waals surface area contributed by atoms with E-state index in [-0.39, 0.29) is 36.3 Å². The maximum Gasteiger partial charge on any atom is 0.573 e. The summed E-state index contributed by atoms with van der Waals surface area (Å²) in [4.78, 5) is 4.40. The molecule has 0 atom stereocenters. The molecule has 12 heteroatoms. The third-order valence-electron chi connectivity index (χ3n) is 4.16. The molecule has 31 heavy (non-hydrogen) atoms. The van der Waals surface area contributed by atoms with E-state index in [0.29, 0.717) is 43.7 Å². The number of hydrogen-bond donors (Lipinski definition) is 2. The molecule has 0 aliphatic rings. The Kier molecular flexibility index (Phi) is 11.6. The molecule has 1 aromatic carbocycles. The van der Waals surface area contributed by atoms with Gasteiger partial charge < -0.3 is 24.7 Å². The van der Waals surface area contributed by atoms with Gasteiger partial charge in [0.05, 0.1) is 13.1 Å². The van der Waals surface area contributed by atoms with Gasteiger partial charge in [-0.1, -0.05) is 18.2 Å². The molecule has 0 spiro atoms. The Hall–Kier alpha value is -2.09. The Morgan fingerprint density at radius 2 is 1.94 bits per heavy atom. The highest BCUT2D eigenvalue weighted by atomic mass is 127. The van der Waals surface area contributed by atoms with Crippen molar-refractivity contribution in [2.75, 3.05) is 19.8 Å². The number of aryl methyl sites for hydroxylation is 1. The molecule has 0 radical (unpaired) electrons. The summed E-state index contributed by atoms with van der Waals surface area (Å²) in [6.07, 6.45) is -4.01. The average Bonchev–Trinajstić information content (AvgIpc) is 3.01. The first-order valence-corrected chi connectivity index (χ1v) is 9.58. The highest BCUT2D eigenvalue weighted by molar-refractivity contribution is 14.0. The number of rotatable bonds is 10. The third-order valence-corrected chi connectivity index (χ3v) is 4.16. The molecule has 0 amide bonds. The average molecular weight is 556 g/mol. The van der Waals surface area contributed by atoms with E-state index in [1.807, 2.05) is 25.5 Å². The summed E-state index contributed by atoms with van der Waals surface area (Å²) in [5, 5.41) is 14.4. The van der Waals surface area contributed by atoms with E-state index in [1.54, 1.807) is 12.1 Å². The van der Waals surface area contributed by atoms with Gasteiger partial charge in [-0.25, -0.2) is 4.99 Å². The zero-order valence-corrected chi connectivity index (χ0v) is 20.0. The molecule has 0 bridgehead atoms. The summed E-state index contributed by atoms with van der Waals surface area (Å²) < 4.78 is 49.1. The Balaban J connectivity index is 0.00000480. The molecule has 0 unspecified atom stereocenters. The van der Waals surface area contributed by atoms with Crippen molar-refractivity contribution >= 4 is 29.9 Å². The Morgan fingerprint density at radius 1 is 1.19 bits per heavy atom. The van der Waals surface area contributed by atoms with E-state index >= 15 is 0 Å². The lowest BCUT2D eigenvalue weighted by molar-refractivity contribution is -0.274. The highest BCUT2D eigenvalue weighted by Crippen LogP contribution is 2.26. The number of ether oxygens (including phenoxy) is 2. The normalized spacial score (nSPS) is 11.7. The van der Waals surface area contributed by atoms with E-state index in [0.717, 1.165) is 12.2 Å². The van der Waals surface area contributed by atoms with E-state index in [9.17, 15) is 13.2 Å². The smallest absolute Gasteiger partial charge is 0.405 e. The van der Waals surface area contributed by atoms with Crippen molar-refractivity contribution in [3.8, 4) is 5.75 Å². The van der Waals surface area contributed by atoms with Crippen LogP contribution in [0.1, 0.15) is 30.6 Å². The number of nitrogens with zero attached hydrogens (tertiary/aromatic N) is 4. The highest BCUT2D eigenvalue weighted by Gasteiger charge is 2.31. The Labute approximate surface area is 196 Å². The quantitative estimate of drug-likeness (QED) is 0.202. The van der Waals surface area contributed by atoms with Crippen molar-refractivity contribution in [1.82, 2.24) is 25.4 Å². The van der Waals surface area contributed by atoms with Crippen LogP contribution >= 0.6 is 24.0 Å².